The van der Waals surface area contributed by atoms with Gasteiger partial charge < -0.3 is 10.1 Å². The number of carbonyl (C=O) groups is 1. The van der Waals surface area contributed by atoms with Crippen LogP contribution in [0.5, 0.6) is 5.75 Å². The number of sulfonamides is 2. The fourth-order valence-electron chi connectivity index (χ4n) is 2.92. The Kier molecular flexibility index (Phi) is 8.04. The minimum Gasteiger partial charge on any atom is -0.497 e. The normalized spacial score (nSPS) is 11.9. The third-order valence-corrected chi connectivity index (χ3v) is 7.71. The molecular weight excluding hydrogens is 442 g/mol. The predicted octanol–water partition coefficient (Wildman–Crippen LogP) is 2.13. The highest BCUT2D eigenvalue weighted by molar-refractivity contribution is 7.92. The van der Waals surface area contributed by atoms with Crippen LogP contribution in [0.25, 0.3) is 0 Å². The van der Waals surface area contributed by atoms with E-state index in [-0.39, 0.29) is 10.6 Å². The third kappa shape index (κ3) is 6.18. The summed E-state index contributed by atoms with van der Waals surface area (Å²) < 4.78 is 57.0. The van der Waals surface area contributed by atoms with Crippen LogP contribution in [-0.2, 0) is 24.8 Å². The Morgan fingerprint density at radius 2 is 1.61 bits per heavy atom. The van der Waals surface area contributed by atoms with Gasteiger partial charge in [-0.1, -0.05) is 19.9 Å². The predicted molar refractivity (Wildman–Crippen MR) is 120 cm³/mol. The minimum atomic E-state index is -3.74. The molecule has 0 aliphatic rings. The number of carbonyl (C=O) groups excluding carboxylic acids is 1. The van der Waals surface area contributed by atoms with E-state index in [0.29, 0.717) is 24.5 Å². The van der Waals surface area contributed by atoms with E-state index in [9.17, 15) is 21.6 Å². The van der Waals surface area contributed by atoms with Gasteiger partial charge in [0.15, 0.2) is 0 Å². The Bertz CT molecular complexity index is 1110. The van der Waals surface area contributed by atoms with Crippen molar-refractivity contribution in [2.45, 2.75) is 18.7 Å². The number of ether oxygens (including phenoxy) is 1. The molecule has 2 rings (SSSR count). The van der Waals surface area contributed by atoms with Gasteiger partial charge in [-0.05, 0) is 36.4 Å². The van der Waals surface area contributed by atoms with Crippen LogP contribution in [0.2, 0.25) is 0 Å². The first-order valence-electron chi connectivity index (χ1n) is 9.54. The maximum absolute atomic E-state index is 12.5. The molecule has 2 aromatic carbocycles. The standard InChI is InChI=1S/C20H27N3O6S2/c1-5-22(6-2)31(27,28)19-12-10-16(11-13-19)21-20(24)15-23(30(4,25)26)17-8-7-9-18(14-17)29-3/h7-14H,5-6,15H2,1-4H3,(H,21,24). The van der Waals surface area contributed by atoms with Crippen molar-refractivity contribution in [3.63, 3.8) is 0 Å². The van der Waals surface area contributed by atoms with Crippen molar-refractivity contribution in [3.8, 4) is 5.75 Å². The van der Waals surface area contributed by atoms with E-state index in [4.69, 9.17) is 4.74 Å². The number of hydrogen-bond acceptors (Lipinski definition) is 6. The third-order valence-electron chi connectivity index (χ3n) is 4.51. The highest BCUT2D eigenvalue weighted by Crippen LogP contribution is 2.23. The Morgan fingerprint density at radius 3 is 2.13 bits per heavy atom. The largest absolute Gasteiger partial charge is 0.497 e. The second-order valence-corrected chi connectivity index (χ2v) is 10.5. The monoisotopic (exact) mass is 469 g/mol. The second kappa shape index (κ2) is 10.1. The van der Waals surface area contributed by atoms with Crippen LogP contribution >= 0.6 is 0 Å². The molecule has 0 spiro atoms. The number of methoxy groups -OCH3 is 1. The number of nitrogens with zero attached hydrogens (tertiary/aromatic N) is 2. The molecule has 0 heterocycles. The topological polar surface area (TPSA) is 113 Å². The van der Waals surface area contributed by atoms with Crippen molar-refractivity contribution in [1.29, 1.82) is 0 Å². The van der Waals surface area contributed by atoms with Gasteiger partial charge in [0.1, 0.15) is 12.3 Å². The molecule has 170 valence electrons. The van der Waals surface area contributed by atoms with Crippen LogP contribution in [0.1, 0.15) is 13.8 Å². The first kappa shape index (κ1) is 24.6. The van der Waals surface area contributed by atoms with Gasteiger partial charge in [0.25, 0.3) is 0 Å². The van der Waals surface area contributed by atoms with Gasteiger partial charge >= 0.3 is 0 Å². The quantitative estimate of drug-likeness (QED) is 0.570. The van der Waals surface area contributed by atoms with Crippen LogP contribution < -0.4 is 14.4 Å². The molecule has 0 saturated carbocycles. The van der Waals surface area contributed by atoms with Gasteiger partial charge in [-0.15, -0.1) is 0 Å². The maximum Gasteiger partial charge on any atom is 0.245 e. The number of benzene rings is 2. The van der Waals surface area contributed by atoms with E-state index < -0.39 is 32.5 Å². The van der Waals surface area contributed by atoms with Gasteiger partial charge in [-0.25, -0.2) is 16.8 Å². The highest BCUT2D eigenvalue weighted by Gasteiger charge is 2.23. The molecule has 0 atom stereocenters. The molecule has 9 nitrogen and oxygen atoms in total. The average Bonchev–Trinajstić information content (AvgIpc) is 2.72. The van der Waals surface area contributed by atoms with Crippen molar-refractivity contribution in [2.75, 3.05) is 42.6 Å². The van der Waals surface area contributed by atoms with Crippen LogP contribution in [0.15, 0.2) is 53.4 Å². The maximum atomic E-state index is 12.5. The summed E-state index contributed by atoms with van der Waals surface area (Å²) in [5.74, 6) is -0.121. The molecule has 1 N–H and O–H groups in total. The molecule has 0 aliphatic heterocycles. The van der Waals surface area contributed by atoms with E-state index in [0.717, 1.165) is 10.6 Å². The van der Waals surface area contributed by atoms with Crippen molar-refractivity contribution in [1.82, 2.24) is 4.31 Å². The fraction of sp³-hybridized carbons (Fsp3) is 0.350. The van der Waals surface area contributed by atoms with Crippen LogP contribution in [0.4, 0.5) is 11.4 Å². The summed E-state index contributed by atoms with van der Waals surface area (Å²) in [6, 6.07) is 12.1. The minimum absolute atomic E-state index is 0.114. The van der Waals surface area contributed by atoms with Gasteiger partial charge in [-0.2, -0.15) is 4.31 Å². The second-order valence-electron chi connectivity index (χ2n) is 6.63. The van der Waals surface area contributed by atoms with Gasteiger partial charge in [0.2, 0.25) is 26.0 Å². The molecule has 0 radical (unpaired) electrons. The number of nitrogens with one attached hydrogen (secondary N) is 1. The van der Waals surface area contributed by atoms with Crippen molar-refractivity contribution in [3.05, 3.63) is 48.5 Å². The van der Waals surface area contributed by atoms with E-state index >= 15 is 0 Å². The Balaban J connectivity index is 2.18. The molecule has 0 aliphatic carbocycles. The lowest BCUT2D eigenvalue weighted by Crippen LogP contribution is -2.37. The summed E-state index contributed by atoms with van der Waals surface area (Å²) in [5, 5.41) is 2.59. The van der Waals surface area contributed by atoms with E-state index in [1.54, 1.807) is 32.0 Å². The SMILES string of the molecule is CCN(CC)S(=O)(=O)c1ccc(NC(=O)CN(c2cccc(OC)c2)S(C)(=O)=O)cc1. The molecule has 31 heavy (non-hydrogen) atoms. The average molecular weight is 470 g/mol. The number of amides is 1. The first-order chi connectivity index (χ1) is 14.5. The van der Waals surface area contributed by atoms with Crippen molar-refractivity contribution >= 4 is 37.3 Å². The number of anilines is 2. The zero-order valence-electron chi connectivity index (χ0n) is 17.9. The van der Waals surface area contributed by atoms with Gasteiger partial charge in [-0.3, -0.25) is 9.10 Å². The Hall–Kier alpha value is -2.63. The van der Waals surface area contributed by atoms with Crippen LogP contribution in [0, 0.1) is 0 Å². The van der Waals surface area contributed by atoms with E-state index in [2.05, 4.69) is 5.32 Å². The Morgan fingerprint density at radius 1 is 1.00 bits per heavy atom. The molecule has 0 aromatic heterocycles. The van der Waals surface area contributed by atoms with E-state index in [1.165, 1.54) is 41.7 Å². The zero-order valence-corrected chi connectivity index (χ0v) is 19.5. The molecule has 11 heteroatoms. The van der Waals surface area contributed by atoms with Crippen LogP contribution in [0.3, 0.4) is 0 Å². The van der Waals surface area contributed by atoms with Crippen LogP contribution in [-0.4, -0.2) is 60.0 Å². The smallest absolute Gasteiger partial charge is 0.245 e. The molecule has 0 unspecified atom stereocenters. The summed E-state index contributed by atoms with van der Waals surface area (Å²) in [5.41, 5.74) is 0.639. The molecular formula is C20H27N3O6S2. The molecule has 0 bridgehead atoms. The number of rotatable bonds is 10. The lowest BCUT2D eigenvalue weighted by Gasteiger charge is -2.22. The zero-order chi connectivity index (χ0) is 23.2. The number of hydrogen-bond donors (Lipinski definition) is 1. The summed E-state index contributed by atoms with van der Waals surface area (Å²) in [4.78, 5) is 12.6. The lowest BCUT2D eigenvalue weighted by atomic mass is 10.3. The first-order valence-corrected chi connectivity index (χ1v) is 12.8. The molecule has 2 aromatic rings. The summed E-state index contributed by atoms with van der Waals surface area (Å²) in [6.45, 7) is 3.76. The summed E-state index contributed by atoms with van der Waals surface area (Å²) in [6.07, 6.45) is 1.01. The summed E-state index contributed by atoms with van der Waals surface area (Å²) >= 11 is 0. The Labute approximate surface area is 183 Å². The molecule has 0 saturated heterocycles. The molecule has 0 fully saturated rings. The molecule has 1 amide bonds. The van der Waals surface area contributed by atoms with Crippen molar-refractivity contribution in [2.24, 2.45) is 0 Å². The summed E-state index contributed by atoms with van der Waals surface area (Å²) in [7, 11) is -5.89. The fourth-order valence-corrected chi connectivity index (χ4v) is 5.23. The van der Waals surface area contributed by atoms with Gasteiger partial charge in [0.05, 0.1) is 23.9 Å². The van der Waals surface area contributed by atoms with Crippen molar-refractivity contribution < 1.29 is 26.4 Å². The highest BCUT2D eigenvalue weighted by atomic mass is 32.2. The van der Waals surface area contributed by atoms with E-state index in [1.807, 2.05) is 0 Å². The van der Waals surface area contributed by atoms with Gasteiger partial charge in [0, 0.05) is 24.8 Å². The lowest BCUT2D eigenvalue weighted by molar-refractivity contribution is -0.114.